The van der Waals surface area contributed by atoms with E-state index in [2.05, 4.69) is 11.6 Å². The van der Waals surface area contributed by atoms with Gasteiger partial charge in [-0.05, 0) is 11.6 Å². The Balaban J connectivity index is 2.73. The van der Waals surface area contributed by atoms with Crippen LogP contribution >= 0.6 is 11.6 Å². The molecule has 1 aromatic heterocycles. The van der Waals surface area contributed by atoms with Crippen molar-refractivity contribution < 1.29 is 0 Å². The minimum absolute atomic E-state index is 0.408. The van der Waals surface area contributed by atoms with Gasteiger partial charge in [0.2, 0.25) is 0 Å². The molecule has 0 saturated carbocycles. The molecule has 0 unspecified atom stereocenters. The van der Waals surface area contributed by atoms with E-state index in [4.69, 9.17) is 17.3 Å². The quantitative estimate of drug-likeness (QED) is 0.842. The first-order chi connectivity index (χ1) is 7.26. The van der Waals surface area contributed by atoms with E-state index in [0.717, 1.165) is 22.0 Å². The summed E-state index contributed by atoms with van der Waals surface area (Å²) in [5, 5.41) is 1.63. The van der Waals surface area contributed by atoms with Crippen molar-refractivity contribution in [2.45, 2.75) is 6.54 Å². The van der Waals surface area contributed by atoms with Crippen molar-refractivity contribution in [1.82, 2.24) is 4.98 Å². The highest BCUT2D eigenvalue weighted by Crippen LogP contribution is 2.26. The molecule has 0 fully saturated rings. The third-order valence-corrected chi connectivity index (χ3v) is 2.80. The molecule has 1 heterocycles. The Morgan fingerprint density at radius 1 is 1.47 bits per heavy atom. The highest BCUT2D eigenvalue weighted by molar-refractivity contribution is 6.36. The van der Waals surface area contributed by atoms with E-state index in [1.807, 2.05) is 18.2 Å². The standard InChI is InChI=1S/C12H11ClN2/c1-2-8-3-4-10-11(5-8)15-7-9(6-14)12(10)13/h2-5,7H,1,6,14H2. The van der Waals surface area contributed by atoms with E-state index in [0.29, 0.717) is 11.6 Å². The second-order valence-electron chi connectivity index (χ2n) is 3.28. The van der Waals surface area contributed by atoms with Gasteiger partial charge in [0.15, 0.2) is 0 Å². The number of rotatable bonds is 2. The zero-order chi connectivity index (χ0) is 10.8. The molecular weight excluding hydrogens is 208 g/mol. The summed E-state index contributed by atoms with van der Waals surface area (Å²) in [4.78, 5) is 4.31. The van der Waals surface area contributed by atoms with Crippen LogP contribution < -0.4 is 5.73 Å². The molecule has 0 bridgehead atoms. The van der Waals surface area contributed by atoms with Crippen LogP contribution in [0.3, 0.4) is 0 Å². The van der Waals surface area contributed by atoms with Crippen LogP contribution in [-0.4, -0.2) is 4.98 Å². The second kappa shape index (κ2) is 4.01. The molecule has 0 aliphatic rings. The molecule has 0 amide bonds. The highest BCUT2D eigenvalue weighted by Gasteiger charge is 2.05. The average molecular weight is 219 g/mol. The molecule has 0 aliphatic carbocycles. The second-order valence-corrected chi connectivity index (χ2v) is 3.66. The monoisotopic (exact) mass is 218 g/mol. The first-order valence-electron chi connectivity index (χ1n) is 4.66. The molecule has 0 spiro atoms. The van der Waals surface area contributed by atoms with Gasteiger partial charge in [0.25, 0.3) is 0 Å². The predicted octanol–water partition coefficient (Wildman–Crippen LogP) is 2.99. The van der Waals surface area contributed by atoms with Crippen molar-refractivity contribution in [3.63, 3.8) is 0 Å². The van der Waals surface area contributed by atoms with Gasteiger partial charge in [0.05, 0.1) is 10.5 Å². The Kier molecular flexibility index (Phi) is 2.71. The van der Waals surface area contributed by atoms with E-state index in [1.165, 1.54) is 0 Å². The van der Waals surface area contributed by atoms with Crippen molar-refractivity contribution in [2.24, 2.45) is 5.73 Å². The molecule has 76 valence electrons. The van der Waals surface area contributed by atoms with E-state index in [9.17, 15) is 0 Å². The maximum absolute atomic E-state index is 6.19. The minimum Gasteiger partial charge on any atom is -0.326 e. The van der Waals surface area contributed by atoms with Crippen molar-refractivity contribution in [3.8, 4) is 0 Å². The zero-order valence-electron chi connectivity index (χ0n) is 8.20. The molecule has 2 rings (SSSR count). The van der Waals surface area contributed by atoms with Crippen molar-refractivity contribution in [2.75, 3.05) is 0 Å². The maximum Gasteiger partial charge on any atom is 0.0723 e. The Bertz CT molecular complexity index is 520. The number of pyridine rings is 1. The van der Waals surface area contributed by atoms with Gasteiger partial charge in [-0.1, -0.05) is 36.4 Å². The van der Waals surface area contributed by atoms with E-state index in [-0.39, 0.29) is 0 Å². The lowest BCUT2D eigenvalue weighted by atomic mass is 10.1. The number of hydrogen-bond donors (Lipinski definition) is 1. The summed E-state index contributed by atoms with van der Waals surface area (Å²) in [6.07, 6.45) is 3.50. The Morgan fingerprint density at radius 2 is 2.27 bits per heavy atom. The molecule has 15 heavy (non-hydrogen) atoms. The first kappa shape index (κ1) is 10.1. The lowest BCUT2D eigenvalue weighted by Crippen LogP contribution is -1.98. The van der Waals surface area contributed by atoms with Gasteiger partial charge in [0.1, 0.15) is 0 Å². The van der Waals surface area contributed by atoms with E-state index < -0.39 is 0 Å². The maximum atomic E-state index is 6.19. The Labute approximate surface area is 93.4 Å². The fourth-order valence-electron chi connectivity index (χ4n) is 1.49. The molecule has 0 radical (unpaired) electrons. The van der Waals surface area contributed by atoms with Gasteiger partial charge < -0.3 is 5.73 Å². The van der Waals surface area contributed by atoms with Gasteiger partial charge >= 0.3 is 0 Å². The molecule has 0 atom stereocenters. The van der Waals surface area contributed by atoms with Gasteiger partial charge in [-0.15, -0.1) is 0 Å². The molecule has 1 aromatic carbocycles. The summed E-state index contributed by atoms with van der Waals surface area (Å²) in [7, 11) is 0. The van der Waals surface area contributed by atoms with Crippen LogP contribution in [0.15, 0.2) is 31.0 Å². The smallest absolute Gasteiger partial charge is 0.0723 e. The number of aromatic nitrogens is 1. The largest absolute Gasteiger partial charge is 0.326 e. The molecule has 2 nitrogen and oxygen atoms in total. The minimum atomic E-state index is 0.408. The van der Waals surface area contributed by atoms with Crippen molar-refractivity contribution in [3.05, 3.63) is 47.1 Å². The van der Waals surface area contributed by atoms with Gasteiger partial charge in [-0.25, -0.2) is 0 Å². The number of halogens is 1. The van der Waals surface area contributed by atoms with Gasteiger partial charge in [0, 0.05) is 23.7 Å². The first-order valence-corrected chi connectivity index (χ1v) is 5.03. The van der Waals surface area contributed by atoms with Crippen LogP contribution in [0.2, 0.25) is 5.02 Å². The molecule has 0 aliphatic heterocycles. The molecule has 2 aromatic rings. The third kappa shape index (κ3) is 1.74. The molecule has 3 heteroatoms. The number of nitrogens with two attached hydrogens (primary N) is 1. The normalized spacial score (nSPS) is 10.5. The topological polar surface area (TPSA) is 38.9 Å². The number of fused-ring (bicyclic) bond motifs is 1. The summed E-state index contributed by atoms with van der Waals surface area (Å²) < 4.78 is 0. The zero-order valence-corrected chi connectivity index (χ0v) is 8.96. The summed E-state index contributed by atoms with van der Waals surface area (Å²) >= 11 is 6.19. The molecular formula is C12H11ClN2. The SMILES string of the molecule is C=Cc1ccc2c(Cl)c(CN)cnc2c1. The van der Waals surface area contributed by atoms with E-state index in [1.54, 1.807) is 12.3 Å². The van der Waals surface area contributed by atoms with E-state index >= 15 is 0 Å². The van der Waals surface area contributed by atoms with Crippen molar-refractivity contribution in [1.29, 1.82) is 0 Å². The summed E-state index contributed by atoms with van der Waals surface area (Å²) in [5.41, 5.74) is 8.33. The van der Waals surface area contributed by atoms with Crippen LogP contribution in [0.5, 0.6) is 0 Å². The van der Waals surface area contributed by atoms with Crippen LogP contribution in [0.4, 0.5) is 0 Å². The van der Waals surface area contributed by atoms with Crippen LogP contribution in [0, 0.1) is 0 Å². The lowest BCUT2D eigenvalue weighted by molar-refractivity contribution is 1.06. The molecule has 0 saturated heterocycles. The van der Waals surface area contributed by atoms with Crippen LogP contribution in [-0.2, 0) is 6.54 Å². The fourth-order valence-corrected chi connectivity index (χ4v) is 1.77. The van der Waals surface area contributed by atoms with Crippen LogP contribution in [0.25, 0.3) is 17.0 Å². The predicted molar refractivity (Wildman–Crippen MR) is 64.7 cm³/mol. The summed E-state index contributed by atoms with van der Waals surface area (Å²) in [5.74, 6) is 0. The van der Waals surface area contributed by atoms with Crippen LogP contribution in [0.1, 0.15) is 11.1 Å². The Morgan fingerprint density at radius 3 is 2.93 bits per heavy atom. The average Bonchev–Trinajstić information content (AvgIpc) is 2.29. The fraction of sp³-hybridized carbons (Fsp3) is 0.0833. The van der Waals surface area contributed by atoms with Gasteiger partial charge in [-0.2, -0.15) is 0 Å². The number of hydrogen-bond acceptors (Lipinski definition) is 2. The Hall–Kier alpha value is -1.38. The summed E-state index contributed by atoms with van der Waals surface area (Å²) in [6, 6.07) is 5.86. The van der Waals surface area contributed by atoms with Crippen molar-refractivity contribution >= 4 is 28.6 Å². The third-order valence-electron chi connectivity index (χ3n) is 2.36. The van der Waals surface area contributed by atoms with Gasteiger partial charge in [-0.3, -0.25) is 4.98 Å². The highest BCUT2D eigenvalue weighted by atomic mass is 35.5. The number of benzene rings is 1. The summed E-state index contributed by atoms with van der Waals surface area (Å²) in [6.45, 7) is 4.12. The molecule has 2 N–H and O–H groups in total. The number of nitrogens with zero attached hydrogens (tertiary/aromatic N) is 1. The lowest BCUT2D eigenvalue weighted by Gasteiger charge is -2.05.